The first kappa shape index (κ1) is 22.1. The molecule has 0 aliphatic carbocycles. The molecule has 33 heavy (non-hydrogen) atoms. The number of aromatic nitrogens is 1. The Morgan fingerprint density at radius 2 is 1.91 bits per heavy atom. The number of benzene rings is 1. The van der Waals surface area contributed by atoms with Crippen molar-refractivity contribution in [2.75, 3.05) is 31.1 Å². The van der Waals surface area contributed by atoms with E-state index < -0.39 is 6.04 Å². The lowest BCUT2D eigenvalue weighted by Crippen LogP contribution is -2.47. The third-order valence-corrected chi connectivity index (χ3v) is 8.27. The van der Waals surface area contributed by atoms with Crippen molar-refractivity contribution in [3.05, 3.63) is 45.9 Å². The molecule has 0 N–H and O–H groups in total. The Bertz CT molecular complexity index is 1060. The van der Waals surface area contributed by atoms with Crippen LogP contribution < -0.4 is 4.90 Å². The zero-order valence-electron chi connectivity index (χ0n) is 19.2. The van der Waals surface area contributed by atoms with Gasteiger partial charge in [-0.05, 0) is 50.7 Å². The molecule has 1 aromatic carbocycles. The average Bonchev–Trinajstić information content (AvgIpc) is 3.46. The molecule has 8 heteroatoms. The van der Waals surface area contributed by atoms with Gasteiger partial charge >= 0.3 is 0 Å². The van der Waals surface area contributed by atoms with E-state index in [0.29, 0.717) is 23.6 Å². The highest BCUT2D eigenvalue weighted by Crippen LogP contribution is 2.38. The Morgan fingerprint density at radius 1 is 1.12 bits per heavy atom. The molecular formula is C25H30N4O3S. The van der Waals surface area contributed by atoms with Crippen molar-refractivity contribution in [1.82, 2.24) is 14.8 Å². The molecule has 0 saturated carbocycles. The lowest BCUT2D eigenvalue weighted by atomic mass is 9.92. The maximum atomic E-state index is 13.5. The zero-order valence-corrected chi connectivity index (χ0v) is 20.0. The quantitative estimate of drug-likeness (QED) is 0.638. The van der Waals surface area contributed by atoms with Gasteiger partial charge in [0.15, 0.2) is 0 Å². The summed E-state index contributed by atoms with van der Waals surface area (Å²) in [5.41, 5.74) is 1.68. The van der Waals surface area contributed by atoms with Gasteiger partial charge in [-0.3, -0.25) is 19.3 Å². The van der Waals surface area contributed by atoms with Crippen molar-refractivity contribution < 1.29 is 14.4 Å². The minimum absolute atomic E-state index is 0.0689. The third kappa shape index (κ3) is 3.94. The normalized spacial score (nSPS) is 22.6. The molecule has 0 bridgehead atoms. The number of likely N-dealkylation sites (tertiary alicyclic amines) is 1. The van der Waals surface area contributed by atoms with E-state index in [-0.39, 0.29) is 23.6 Å². The van der Waals surface area contributed by atoms with Gasteiger partial charge in [0.25, 0.3) is 11.8 Å². The van der Waals surface area contributed by atoms with Crippen LogP contribution in [0.5, 0.6) is 0 Å². The van der Waals surface area contributed by atoms with Gasteiger partial charge in [0.2, 0.25) is 5.91 Å². The van der Waals surface area contributed by atoms with Crippen LogP contribution in [0, 0.1) is 11.8 Å². The van der Waals surface area contributed by atoms with E-state index in [2.05, 4.69) is 16.8 Å². The Morgan fingerprint density at radius 3 is 2.64 bits per heavy atom. The summed E-state index contributed by atoms with van der Waals surface area (Å²) in [4.78, 5) is 49.7. The number of carbonyl (C=O) groups is 3. The predicted molar refractivity (Wildman–Crippen MR) is 127 cm³/mol. The number of anilines is 1. The van der Waals surface area contributed by atoms with Gasteiger partial charge < -0.3 is 9.80 Å². The molecule has 5 rings (SSSR count). The summed E-state index contributed by atoms with van der Waals surface area (Å²) in [5, 5.41) is 2.59. The molecular weight excluding hydrogens is 436 g/mol. The van der Waals surface area contributed by atoms with Crippen molar-refractivity contribution in [1.29, 1.82) is 0 Å². The monoisotopic (exact) mass is 466 g/mol. The first-order valence-electron chi connectivity index (χ1n) is 11.9. The minimum atomic E-state index is -0.414. The van der Waals surface area contributed by atoms with Gasteiger partial charge in [-0.15, -0.1) is 11.3 Å². The highest BCUT2D eigenvalue weighted by molar-refractivity contribution is 7.09. The Labute approximate surface area is 198 Å². The van der Waals surface area contributed by atoms with Gasteiger partial charge in [0, 0.05) is 37.8 Å². The minimum Gasteiger partial charge on any atom is -0.370 e. The van der Waals surface area contributed by atoms with Gasteiger partial charge in [-0.2, -0.15) is 0 Å². The number of hydrogen-bond acceptors (Lipinski definition) is 6. The van der Waals surface area contributed by atoms with Crippen molar-refractivity contribution in [2.45, 2.75) is 45.6 Å². The molecule has 0 radical (unpaired) electrons. The van der Waals surface area contributed by atoms with Gasteiger partial charge in [-0.25, -0.2) is 4.98 Å². The summed E-state index contributed by atoms with van der Waals surface area (Å²) >= 11 is 1.44. The van der Waals surface area contributed by atoms with Gasteiger partial charge in [-0.1, -0.05) is 13.0 Å². The maximum absolute atomic E-state index is 13.5. The van der Waals surface area contributed by atoms with Crippen LogP contribution in [0.4, 0.5) is 5.69 Å². The highest BCUT2D eigenvalue weighted by atomic mass is 32.1. The molecule has 7 nitrogen and oxygen atoms in total. The van der Waals surface area contributed by atoms with Crippen LogP contribution in [0.3, 0.4) is 0 Å². The van der Waals surface area contributed by atoms with E-state index in [9.17, 15) is 14.4 Å². The summed E-state index contributed by atoms with van der Waals surface area (Å²) < 4.78 is 0. The largest absolute Gasteiger partial charge is 0.370 e. The predicted octanol–water partition coefficient (Wildman–Crippen LogP) is 3.98. The van der Waals surface area contributed by atoms with Crippen LogP contribution in [-0.4, -0.2) is 58.7 Å². The molecule has 0 spiro atoms. The lowest BCUT2D eigenvalue weighted by molar-refractivity contribution is -0.137. The molecule has 3 amide bonds. The fourth-order valence-corrected chi connectivity index (χ4v) is 6.02. The number of piperidine rings is 2. The molecule has 2 saturated heterocycles. The van der Waals surface area contributed by atoms with Crippen LogP contribution in [0.15, 0.2) is 29.8 Å². The van der Waals surface area contributed by atoms with E-state index in [1.54, 1.807) is 12.3 Å². The maximum Gasteiger partial charge on any atom is 0.264 e. The number of imide groups is 1. The number of nitrogens with zero attached hydrogens (tertiary/aromatic N) is 4. The van der Waals surface area contributed by atoms with Crippen LogP contribution in [0.2, 0.25) is 0 Å². The number of thiazole rings is 1. The van der Waals surface area contributed by atoms with Crippen LogP contribution in [-0.2, 0) is 4.79 Å². The average molecular weight is 467 g/mol. The molecule has 2 fully saturated rings. The number of amides is 3. The van der Waals surface area contributed by atoms with E-state index in [4.69, 9.17) is 0 Å². The van der Waals surface area contributed by atoms with E-state index in [1.807, 2.05) is 29.3 Å². The van der Waals surface area contributed by atoms with Crippen molar-refractivity contribution in [2.24, 2.45) is 11.8 Å². The van der Waals surface area contributed by atoms with Crippen LogP contribution in [0.1, 0.15) is 71.3 Å². The van der Waals surface area contributed by atoms with E-state index >= 15 is 0 Å². The molecule has 174 valence electrons. The standard InChI is InChI=1S/C25H30N4O3S/c1-16-8-12-27(13-9-16)23(30)18-5-4-11-28(15-18)20-7-3-6-19-21(20)25(32)29(24(19)31)17(2)22-26-10-14-33-22/h3,6-7,10,14,16-18H,4-5,8-9,11-13,15H2,1-2H3. The second-order valence-corrected chi connectivity index (χ2v) is 10.4. The summed E-state index contributed by atoms with van der Waals surface area (Å²) in [6.07, 6.45) is 5.59. The van der Waals surface area contributed by atoms with Gasteiger partial charge in [0.1, 0.15) is 5.01 Å². The molecule has 3 aliphatic heterocycles. The van der Waals surface area contributed by atoms with Crippen LogP contribution >= 0.6 is 11.3 Å². The molecule has 2 atom stereocenters. The highest BCUT2D eigenvalue weighted by Gasteiger charge is 2.42. The van der Waals surface area contributed by atoms with E-state index in [0.717, 1.165) is 56.0 Å². The summed E-state index contributed by atoms with van der Waals surface area (Å²) in [5.74, 6) is 0.307. The number of hydrogen-bond donors (Lipinski definition) is 0. The number of fused-ring (bicyclic) bond motifs is 1. The van der Waals surface area contributed by atoms with Crippen molar-refractivity contribution >= 4 is 34.7 Å². The Balaban J connectivity index is 1.38. The van der Waals surface area contributed by atoms with Gasteiger partial charge in [0.05, 0.1) is 28.8 Å². The molecule has 4 heterocycles. The number of rotatable bonds is 4. The Kier molecular flexibility index (Phi) is 5.95. The van der Waals surface area contributed by atoms with Crippen molar-refractivity contribution in [3.8, 4) is 0 Å². The molecule has 3 aliphatic rings. The molecule has 2 aromatic rings. The third-order valence-electron chi connectivity index (χ3n) is 7.33. The second kappa shape index (κ2) is 8.89. The molecule has 1 aromatic heterocycles. The summed E-state index contributed by atoms with van der Waals surface area (Å²) in [7, 11) is 0. The van der Waals surface area contributed by atoms with Crippen LogP contribution in [0.25, 0.3) is 0 Å². The lowest BCUT2D eigenvalue weighted by Gasteiger charge is -2.38. The Hall–Kier alpha value is -2.74. The second-order valence-electron chi connectivity index (χ2n) is 9.52. The fraction of sp³-hybridized carbons (Fsp3) is 0.520. The van der Waals surface area contributed by atoms with E-state index in [1.165, 1.54) is 16.2 Å². The first-order valence-corrected chi connectivity index (χ1v) is 12.8. The fourth-order valence-electron chi connectivity index (χ4n) is 5.34. The number of carbonyl (C=O) groups excluding carboxylic acids is 3. The topological polar surface area (TPSA) is 73.8 Å². The zero-order chi connectivity index (χ0) is 23.1. The SMILES string of the molecule is CC1CCN(C(=O)C2CCCN(c3cccc4c3C(=O)N(C(C)c3nccs3)C4=O)C2)CC1. The summed E-state index contributed by atoms with van der Waals surface area (Å²) in [6.45, 7) is 7.14. The van der Waals surface area contributed by atoms with Crippen molar-refractivity contribution in [3.63, 3.8) is 0 Å². The smallest absolute Gasteiger partial charge is 0.264 e. The summed E-state index contributed by atoms with van der Waals surface area (Å²) in [6, 6.07) is 5.07. The molecule has 2 unspecified atom stereocenters. The first-order chi connectivity index (χ1) is 16.0.